The van der Waals surface area contributed by atoms with Crippen molar-refractivity contribution >= 4 is 21.8 Å². The predicted molar refractivity (Wildman–Crippen MR) is 76.5 cm³/mol. The minimum absolute atomic E-state index is 0.0115. The van der Waals surface area contributed by atoms with Crippen LogP contribution in [0, 0.1) is 0 Å². The molecule has 3 nitrogen and oxygen atoms in total. The number of amides is 1. The Morgan fingerprint density at radius 2 is 2.22 bits per heavy atom. The molecule has 2 atom stereocenters. The average molecular weight is 311 g/mol. The highest BCUT2D eigenvalue weighted by Gasteiger charge is 2.22. The number of hydrogen-bond donors (Lipinski definition) is 2. The van der Waals surface area contributed by atoms with E-state index in [1.165, 1.54) is 5.56 Å². The molecule has 0 saturated carbocycles. The Hall–Kier alpha value is -0.870. The van der Waals surface area contributed by atoms with Gasteiger partial charge in [-0.1, -0.05) is 28.1 Å². The lowest BCUT2D eigenvalue weighted by molar-refractivity contribution is -0.123. The SMILES string of the molecule is CC(Cc1ccc(Br)cc1)NC(=O)[C@@H]1CCCN1. The maximum atomic E-state index is 11.9. The zero-order valence-corrected chi connectivity index (χ0v) is 12.2. The zero-order valence-electron chi connectivity index (χ0n) is 10.6. The van der Waals surface area contributed by atoms with Gasteiger partial charge in [0, 0.05) is 10.5 Å². The molecule has 1 aliphatic heterocycles. The van der Waals surface area contributed by atoms with Crippen molar-refractivity contribution in [2.45, 2.75) is 38.3 Å². The van der Waals surface area contributed by atoms with Gasteiger partial charge in [0.05, 0.1) is 6.04 Å². The Balaban J connectivity index is 1.82. The summed E-state index contributed by atoms with van der Waals surface area (Å²) in [6.07, 6.45) is 2.92. The number of nitrogens with one attached hydrogen (secondary N) is 2. The Morgan fingerprint density at radius 1 is 1.50 bits per heavy atom. The van der Waals surface area contributed by atoms with Crippen LogP contribution in [0.2, 0.25) is 0 Å². The van der Waals surface area contributed by atoms with Crippen LogP contribution in [0.4, 0.5) is 0 Å². The van der Waals surface area contributed by atoms with Crippen molar-refractivity contribution in [3.05, 3.63) is 34.3 Å². The number of benzene rings is 1. The van der Waals surface area contributed by atoms with E-state index in [1.807, 2.05) is 12.1 Å². The molecule has 4 heteroatoms. The van der Waals surface area contributed by atoms with Crippen LogP contribution < -0.4 is 10.6 Å². The third-order valence-corrected chi connectivity index (χ3v) is 3.75. The molecule has 1 saturated heterocycles. The third kappa shape index (κ3) is 3.82. The molecule has 1 fully saturated rings. The lowest BCUT2D eigenvalue weighted by atomic mass is 10.1. The van der Waals surface area contributed by atoms with E-state index in [0.717, 1.165) is 30.3 Å². The lowest BCUT2D eigenvalue weighted by Gasteiger charge is -2.17. The Bertz CT molecular complexity index is 399. The number of halogens is 1. The molecular formula is C14H19BrN2O. The molecular weight excluding hydrogens is 292 g/mol. The molecule has 98 valence electrons. The minimum atomic E-state index is 0.0115. The first-order valence-electron chi connectivity index (χ1n) is 6.43. The predicted octanol–water partition coefficient (Wildman–Crippen LogP) is 2.25. The molecule has 1 aromatic carbocycles. The maximum Gasteiger partial charge on any atom is 0.237 e. The van der Waals surface area contributed by atoms with E-state index in [-0.39, 0.29) is 18.0 Å². The van der Waals surface area contributed by atoms with Crippen LogP contribution in [-0.2, 0) is 11.2 Å². The molecule has 2 rings (SSSR count). The topological polar surface area (TPSA) is 41.1 Å². The van der Waals surface area contributed by atoms with Gasteiger partial charge in [0.2, 0.25) is 5.91 Å². The summed E-state index contributed by atoms with van der Waals surface area (Å²) in [5.74, 6) is 0.136. The Morgan fingerprint density at radius 3 is 2.83 bits per heavy atom. The van der Waals surface area contributed by atoms with Gasteiger partial charge in [-0.2, -0.15) is 0 Å². The van der Waals surface area contributed by atoms with Gasteiger partial charge in [0.1, 0.15) is 0 Å². The van der Waals surface area contributed by atoms with Gasteiger partial charge in [-0.3, -0.25) is 4.79 Å². The average Bonchev–Trinajstić information content (AvgIpc) is 2.85. The highest BCUT2D eigenvalue weighted by Crippen LogP contribution is 2.12. The summed E-state index contributed by atoms with van der Waals surface area (Å²) in [7, 11) is 0. The molecule has 1 unspecified atom stereocenters. The summed E-state index contributed by atoms with van der Waals surface area (Å²) in [6, 6.07) is 8.41. The van der Waals surface area contributed by atoms with Crippen LogP contribution in [-0.4, -0.2) is 24.5 Å². The summed E-state index contributed by atoms with van der Waals surface area (Å²) < 4.78 is 1.08. The van der Waals surface area contributed by atoms with Crippen LogP contribution in [0.3, 0.4) is 0 Å². The molecule has 1 aliphatic rings. The van der Waals surface area contributed by atoms with Crippen molar-refractivity contribution in [1.29, 1.82) is 0 Å². The van der Waals surface area contributed by atoms with Crippen molar-refractivity contribution in [2.75, 3.05) is 6.54 Å². The molecule has 0 radical (unpaired) electrons. The van der Waals surface area contributed by atoms with Crippen LogP contribution in [0.25, 0.3) is 0 Å². The van der Waals surface area contributed by atoms with Crippen molar-refractivity contribution in [1.82, 2.24) is 10.6 Å². The second-order valence-electron chi connectivity index (χ2n) is 4.89. The standard InChI is InChI=1S/C14H19BrN2O/c1-10(9-11-4-6-12(15)7-5-11)17-14(18)13-3-2-8-16-13/h4-7,10,13,16H,2-3,8-9H2,1H3,(H,17,18)/t10?,13-/m0/s1. The summed E-state index contributed by atoms with van der Waals surface area (Å²) in [5.41, 5.74) is 1.24. The number of hydrogen-bond acceptors (Lipinski definition) is 2. The van der Waals surface area contributed by atoms with Gasteiger partial charge >= 0.3 is 0 Å². The summed E-state index contributed by atoms with van der Waals surface area (Å²) >= 11 is 3.42. The van der Waals surface area contributed by atoms with E-state index in [4.69, 9.17) is 0 Å². The van der Waals surface area contributed by atoms with Crippen molar-refractivity contribution < 1.29 is 4.79 Å². The van der Waals surface area contributed by atoms with Crippen molar-refractivity contribution in [2.24, 2.45) is 0 Å². The first-order valence-corrected chi connectivity index (χ1v) is 7.22. The number of rotatable bonds is 4. The zero-order chi connectivity index (χ0) is 13.0. The maximum absolute atomic E-state index is 11.9. The van der Waals surface area contributed by atoms with Gasteiger partial charge in [-0.05, 0) is 50.4 Å². The molecule has 2 N–H and O–H groups in total. The van der Waals surface area contributed by atoms with E-state index in [9.17, 15) is 4.79 Å². The van der Waals surface area contributed by atoms with Gasteiger partial charge in [-0.15, -0.1) is 0 Å². The highest BCUT2D eigenvalue weighted by molar-refractivity contribution is 9.10. The molecule has 0 aromatic heterocycles. The van der Waals surface area contributed by atoms with E-state index in [2.05, 4.69) is 45.6 Å². The normalized spacial score (nSPS) is 20.7. The highest BCUT2D eigenvalue weighted by atomic mass is 79.9. The second-order valence-corrected chi connectivity index (χ2v) is 5.80. The second kappa shape index (κ2) is 6.34. The minimum Gasteiger partial charge on any atom is -0.352 e. The quantitative estimate of drug-likeness (QED) is 0.895. The Labute approximate surface area is 116 Å². The van der Waals surface area contributed by atoms with E-state index in [1.54, 1.807) is 0 Å². The molecule has 18 heavy (non-hydrogen) atoms. The monoisotopic (exact) mass is 310 g/mol. The number of carbonyl (C=O) groups is 1. The summed E-state index contributed by atoms with van der Waals surface area (Å²) in [6.45, 7) is 3.01. The van der Waals surface area contributed by atoms with Crippen LogP contribution >= 0.6 is 15.9 Å². The molecule has 0 bridgehead atoms. The van der Waals surface area contributed by atoms with Gasteiger partial charge < -0.3 is 10.6 Å². The molecule has 1 amide bonds. The largest absolute Gasteiger partial charge is 0.352 e. The third-order valence-electron chi connectivity index (χ3n) is 3.22. The van der Waals surface area contributed by atoms with E-state index >= 15 is 0 Å². The smallest absolute Gasteiger partial charge is 0.237 e. The van der Waals surface area contributed by atoms with Gasteiger partial charge in [0.25, 0.3) is 0 Å². The molecule has 1 heterocycles. The fraction of sp³-hybridized carbons (Fsp3) is 0.500. The first-order chi connectivity index (χ1) is 8.65. The first kappa shape index (κ1) is 13.6. The fourth-order valence-electron chi connectivity index (χ4n) is 2.28. The van der Waals surface area contributed by atoms with Crippen LogP contribution in [0.1, 0.15) is 25.3 Å². The van der Waals surface area contributed by atoms with Gasteiger partial charge in [-0.25, -0.2) is 0 Å². The summed E-state index contributed by atoms with van der Waals surface area (Å²) in [5, 5.41) is 6.29. The fourth-order valence-corrected chi connectivity index (χ4v) is 2.54. The van der Waals surface area contributed by atoms with Crippen molar-refractivity contribution in [3.8, 4) is 0 Å². The molecule has 0 aliphatic carbocycles. The van der Waals surface area contributed by atoms with E-state index < -0.39 is 0 Å². The molecule has 1 aromatic rings. The van der Waals surface area contributed by atoms with Crippen LogP contribution in [0.15, 0.2) is 28.7 Å². The van der Waals surface area contributed by atoms with E-state index in [0.29, 0.717) is 0 Å². The van der Waals surface area contributed by atoms with Crippen molar-refractivity contribution in [3.63, 3.8) is 0 Å². The summed E-state index contributed by atoms with van der Waals surface area (Å²) in [4.78, 5) is 11.9. The molecule has 0 spiro atoms. The van der Waals surface area contributed by atoms with Gasteiger partial charge in [0.15, 0.2) is 0 Å². The number of carbonyl (C=O) groups excluding carboxylic acids is 1. The lowest BCUT2D eigenvalue weighted by Crippen LogP contribution is -2.44. The Kier molecular flexibility index (Phi) is 4.78. The van der Waals surface area contributed by atoms with Crippen LogP contribution in [0.5, 0.6) is 0 Å².